The van der Waals surface area contributed by atoms with Crippen molar-refractivity contribution in [2.75, 3.05) is 98.2 Å². The fraction of sp³-hybridized carbons (Fsp3) is 1.00. The molecule has 1 aliphatic rings. The first-order valence-electron chi connectivity index (χ1n) is 32.8. The second-order valence-electron chi connectivity index (χ2n) is 23.0. The number of piperazine rings is 1. The lowest BCUT2D eigenvalue weighted by Crippen LogP contribution is -2.50. The molecule has 0 aliphatic carbocycles. The molecule has 1 rings (SSSR count). The van der Waals surface area contributed by atoms with Crippen molar-refractivity contribution in [3.8, 4) is 0 Å². The van der Waals surface area contributed by atoms with E-state index in [9.17, 15) is 0 Å². The molecule has 1 fully saturated rings. The van der Waals surface area contributed by atoms with Gasteiger partial charge in [0.15, 0.2) is 0 Å². The highest BCUT2D eigenvalue weighted by Crippen LogP contribution is 2.16. The van der Waals surface area contributed by atoms with Gasteiger partial charge in [-0.05, 0) is 71.6 Å². The molecule has 1 N–H and O–H groups in total. The van der Waals surface area contributed by atoms with Gasteiger partial charge in [0.05, 0.1) is 6.10 Å². The van der Waals surface area contributed by atoms with Gasteiger partial charge in [0.1, 0.15) is 0 Å². The zero-order chi connectivity index (χ0) is 50.3. The van der Waals surface area contributed by atoms with Crippen molar-refractivity contribution >= 4 is 0 Å². The summed E-state index contributed by atoms with van der Waals surface area (Å²) >= 11 is 0. The van der Waals surface area contributed by atoms with Crippen LogP contribution >= 0.6 is 0 Å². The molecule has 1 saturated heterocycles. The first kappa shape index (κ1) is 67.8. The van der Waals surface area contributed by atoms with E-state index in [0.29, 0.717) is 6.10 Å². The third-order valence-electron chi connectivity index (χ3n) is 16.1. The normalized spacial score (nSPS) is 14.3. The van der Waals surface area contributed by atoms with E-state index >= 15 is 0 Å². The number of hydrogen-bond donors (Lipinski definition) is 1. The maximum Gasteiger partial charge on any atom is 0.0547 e. The SMILES string of the molecule is CCCCCCCCCCCCCCN(CCCCCCCCCCCCCC)CCN(CCCCCCCCCCCCCC)CCN1CCN(CCNCCCCCC(C)OCCCCC)CC1. The van der Waals surface area contributed by atoms with Gasteiger partial charge < -0.3 is 19.9 Å². The molecule has 1 aliphatic heterocycles. The van der Waals surface area contributed by atoms with Crippen LogP contribution in [0, 0.1) is 0 Å². The van der Waals surface area contributed by atoms with Crippen molar-refractivity contribution in [2.24, 2.45) is 0 Å². The third-order valence-corrected chi connectivity index (χ3v) is 16.1. The number of rotatable bonds is 59. The van der Waals surface area contributed by atoms with Gasteiger partial charge in [-0.1, -0.05) is 265 Å². The molecule has 0 amide bonds. The summed E-state index contributed by atoms with van der Waals surface area (Å²) in [5.74, 6) is 0. The molecule has 6 heteroatoms. The third kappa shape index (κ3) is 48.7. The van der Waals surface area contributed by atoms with Crippen molar-refractivity contribution in [3.63, 3.8) is 0 Å². The summed E-state index contributed by atoms with van der Waals surface area (Å²) < 4.78 is 6.00. The molecule has 0 aromatic carbocycles. The van der Waals surface area contributed by atoms with Crippen LogP contribution in [0.5, 0.6) is 0 Å². The van der Waals surface area contributed by atoms with Gasteiger partial charge in [-0.2, -0.15) is 0 Å². The molecule has 0 spiro atoms. The Kier molecular flexibility index (Phi) is 54.7. The number of hydrogen-bond acceptors (Lipinski definition) is 6. The monoisotopic (exact) mass is 988 g/mol. The Hall–Kier alpha value is -0.240. The van der Waals surface area contributed by atoms with Crippen LogP contribution in [0.2, 0.25) is 0 Å². The van der Waals surface area contributed by atoms with E-state index in [0.717, 1.165) is 19.7 Å². The highest BCUT2D eigenvalue weighted by atomic mass is 16.5. The lowest BCUT2D eigenvalue weighted by atomic mass is 10.0. The number of unbranched alkanes of at least 4 members (excludes halogenated alkanes) is 37. The minimum atomic E-state index is 0.425. The molecular formula is C64H133N5O. The van der Waals surface area contributed by atoms with Crippen molar-refractivity contribution in [2.45, 2.75) is 317 Å². The first-order chi connectivity index (χ1) is 34.6. The molecule has 6 nitrogen and oxygen atoms in total. The maximum atomic E-state index is 6.00. The largest absolute Gasteiger partial charge is 0.379 e. The Balaban J connectivity index is 2.56. The van der Waals surface area contributed by atoms with Gasteiger partial charge in [-0.25, -0.2) is 0 Å². The van der Waals surface area contributed by atoms with Gasteiger partial charge in [-0.15, -0.1) is 0 Å². The maximum absolute atomic E-state index is 6.00. The van der Waals surface area contributed by atoms with E-state index in [-0.39, 0.29) is 0 Å². The van der Waals surface area contributed by atoms with Crippen molar-refractivity contribution in [1.82, 2.24) is 24.9 Å². The second-order valence-corrected chi connectivity index (χ2v) is 23.0. The Morgan fingerprint density at radius 2 is 0.643 bits per heavy atom. The molecule has 0 radical (unpaired) electrons. The Morgan fingerprint density at radius 3 is 1.03 bits per heavy atom. The zero-order valence-corrected chi connectivity index (χ0v) is 49.3. The first-order valence-corrected chi connectivity index (χ1v) is 32.8. The molecule has 0 bridgehead atoms. The molecule has 0 aromatic rings. The number of ether oxygens (including phenoxy) is 1. The fourth-order valence-corrected chi connectivity index (χ4v) is 10.9. The average Bonchev–Trinajstić information content (AvgIpc) is 3.37. The topological polar surface area (TPSA) is 34.2 Å². The predicted molar refractivity (Wildman–Crippen MR) is 315 cm³/mol. The lowest BCUT2D eigenvalue weighted by molar-refractivity contribution is 0.0559. The quantitative estimate of drug-likeness (QED) is 0.0612. The molecule has 1 unspecified atom stereocenters. The van der Waals surface area contributed by atoms with Gasteiger partial charge in [-0.3, -0.25) is 9.80 Å². The van der Waals surface area contributed by atoms with Crippen LogP contribution in [0.25, 0.3) is 0 Å². The molecule has 0 aromatic heterocycles. The van der Waals surface area contributed by atoms with Crippen LogP contribution in [-0.2, 0) is 4.74 Å². The summed E-state index contributed by atoms with van der Waals surface area (Å²) in [6, 6.07) is 0. The van der Waals surface area contributed by atoms with Crippen molar-refractivity contribution in [1.29, 1.82) is 0 Å². The van der Waals surface area contributed by atoms with Crippen molar-refractivity contribution in [3.05, 3.63) is 0 Å². The number of nitrogens with one attached hydrogen (secondary N) is 1. The minimum absolute atomic E-state index is 0.425. The van der Waals surface area contributed by atoms with Crippen LogP contribution in [0.3, 0.4) is 0 Å². The van der Waals surface area contributed by atoms with E-state index in [1.54, 1.807) is 0 Å². The minimum Gasteiger partial charge on any atom is -0.379 e. The fourth-order valence-electron chi connectivity index (χ4n) is 10.9. The summed E-state index contributed by atoms with van der Waals surface area (Å²) in [6.07, 6.45) is 61.3. The molecular weight excluding hydrogens is 855 g/mol. The van der Waals surface area contributed by atoms with Crippen LogP contribution in [-0.4, -0.2) is 124 Å². The zero-order valence-electron chi connectivity index (χ0n) is 49.3. The summed E-state index contributed by atoms with van der Waals surface area (Å²) in [5.41, 5.74) is 0. The Bertz CT molecular complexity index is 932. The van der Waals surface area contributed by atoms with E-state index < -0.39 is 0 Å². The van der Waals surface area contributed by atoms with E-state index in [1.165, 1.54) is 355 Å². The highest BCUT2D eigenvalue weighted by Gasteiger charge is 2.18. The van der Waals surface area contributed by atoms with Crippen LogP contribution in [0.1, 0.15) is 311 Å². The van der Waals surface area contributed by atoms with Gasteiger partial charge >= 0.3 is 0 Å². The van der Waals surface area contributed by atoms with Crippen molar-refractivity contribution < 1.29 is 4.74 Å². The van der Waals surface area contributed by atoms with Crippen LogP contribution in [0.4, 0.5) is 0 Å². The van der Waals surface area contributed by atoms with E-state index in [2.05, 4.69) is 59.5 Å². The second kappa shape index (κ2) is 56.5. The summed E-state index contributed by atoms with van der Waals surface area (Å²) in [4.78, 5) is 11.3. The van der Waals surface area contributed by atoms with Crippen LogP contribution < -0.4 is 5.32 Å². The standard InChI is InChI=1S/C64H133N5O/c1-6-10-14-17-20-23-26-29-32-35-38-44-51-66(52-45-39-36-33-30-27-24-21-18-15-11-7-2)55-56-67(53-46-40-37-34-31-28-25-22-19-16-12-8-3)57-60-69-61-58-68(59-62-69)54-50-65-49-43-41-42-48-64(5)70-63-47-13-9-4/h64-65H,6-63H2,1-5H3. The van der Waals surface area contributed by atoms with E-state index in [1.807, 2.05) is 0 Å². The average molecular weight is 989 g/mol. The smallest absolute Gasteiger partial charge is 0.0547 e. The molecule has 1 heterocycles. The van der Waals surface area contributed by atoms with Gasteiger partial charge in [0.25, 0.3) is 0 Å². The summed E-state index contributed by atoms with van der Waals surface area (Å²) in [7, 11) is 0. The molecule has 0 saturated carbocycles. The highest BCUT2D eigenvalue weighted by molar-refractivity contribution is 4.75. The number of nitrogens with zero attached hydrogens (tertiary/aromatic N) is 4. The Morgan fingerprint density at radius 1 is 0.329 bits per heavy atom. The lowest BCUT2D eigenvalue weighted by Gasteiger charge is -2.36. The van der Waals surface area contributed by atoms with E-state index in [4.69, 9.17) is 4.74 Å². The Labute approximate surface area is 442 Å². The molecule has 420 valence electrons. The van der Waals surface area contributed by atoms with Gasteiger partial charge in [0.2, 0.25) is 0 Å². The van der Waals surface area contributed by atoms with Gasteiger partial charge in [0, 0.05) is 72.1 Å². The van der Waals surface area contributed by atoms with Crippen LogP contribution in [0.15, 0.2) is 0 Å². The molecule has 70 heavy (non-hydrogen) atoms. The summed E-state index contributed by atoms with van der Waals surface area (Å²) in [6.45, 7) is 29.9. The molecule has 1 atom stereocenters. The summed E-state index contributed by atoms with van der Waals surface area (Å²) in [5, 5.41) is 3.76. The predicted octanol–water partition coefficient (Wildman–Crippen LogP) is 18.1.